The molecule has 0 aliphatic rings. The third-order valence-electron chi connectivity index (χ3n) is 3.07. The SMILES string of the molecule is CN(C)c1ccc(C(=O)O)c2c(=O)cc(CC(=O)O)[nH]c12. The van der Waals surface area contributed by atoms with Crippen LogP contribution in [0.5, 0.6) is 0 Å². The molecule has 0 unspecified atom stereocenters. The smallest absolute Gasteiger partial charge is 0.336 e. The van der Waals surface area contributed by atoms with Crippen molar-refractivity contribution in [3.8, 4) is 0 Å². The standard InChI is InChI=1S/C14H14N2O5/c1-16(2)9-4-3-8(14(20)21)12-10(17)5-7(6-11(18)19)15-13(9)12/h3-5H,6H2,1-2H3,(H,15,17)(H,18,19)(H,20,21). The molecule has 0 bridgehead atoms. The van der Waals surface area contributed by atoms with Gasteiger partial charge in [-0.3, -0.25) is 9.59 Å². The Bertz CT molecular complexity index is 792. The van der Waals surface area contributed by atoms with Gasteiger partial charge < -0.3 is 20.1 Å². The van der Waals surface area contributed by atoms with Crippen molar-refractivity contribution in [1.82, 2.24) is 4.98 Å². The molecule has 3 N–H and O–H groups in total. The maximum atomic E-state index is 12.2. The van der Waals surface area contributed by atoms with E-state index in [-0.39, 0.29) is 23.1 Å². The second-order valence-corrected chi connectivity index (χ2v) is 4.81. The van der Waals surface area contributed by atoms with Crippen molar-refractivity contribution in [3.05, 3.63) is 39.7 Å². The molecule has 21 heavy (non-hydrogen) atoms. The van der Waals surface area contributed by atoms with Crippen molar-refractivity contribution in [2.75, 3.05) is 19.0 Å². The molecule has 1 aromatic carbocycles. The molecule has 2 rings (SSSR count). The summed E-state index contributed by atoms with van der Waals surface area (Å²) in [7, 11) is 3.49. The lowest BCUT2D eigenvalue weighted by atomic mass is 10.0. The van der Waals surface area contributed by atoms with Crippen LogP contribution in [-0.4, -0.2) is 41.2 Å². The number of H-pyrrole nitrogens is 1. The molecule has 0 amide bonds. The normalized spacial score (nSPS) is 10.6. The summed E-state index contributed by atoms with van der Waals surface area (Å²) in [4.78, 5) is 38.8. The molecule has 0 aliphatic carbocycles. The average Bonchev–Trinajstić information content (AvgIpc) is 2.35. The Balaban J connectivity index is 2.87. The van der Waals surface area contributed by atoms with Crippen LogP contribution in [0.3, 0.4) is 0 Å². The number of aromatic carboxylic acids is 1. The first-order valence-corrected chi connectivity index (χ1v) is 6.12. The number of carbonyl (C=O) groups is 2. The monoisotopic (exact) mass is 290 g/mol. The van der Waals surface area contributed by atoms with Gasteiger partial charge in [-0.25, -0.2) is 4.79 Å². The molecule has 0 radical (unpaired) electrons. The highest BCUT2D eigenvalue weighted by Crippen LogP contribution is 2.25. The zero-order valence-corrected chi connectivity index (χ0v) is 11.5. The lowest BCUT2D eigenvalue weighted by molar-refractivity contribution is -0.136. The number of aliphatic carboxylic acids is 1. The molecule has 0 fully saturated rings. The Labute approximate surface area is 119 Å². The molecule has 0 saturated carbocycles. The minimum atomic E-state index is -1.21. The zero-order valence-electron chi connectivity index (χ0n) is 11.5. The first kappa shape index (κ1) is 14.6. The number of benzene rings is 1. The maximum Gasteiger partial charge on any atom is 0.336 e. The van der Waals surface area contributed by atoms with E-state index in [4.69, 9.17) is 5.11 Å². The fourth-order valence-electron chi connectivity index (χ4n) is 2.21. The Hall–Kier alpha value is -2.83. The molecule has 110 valence electrons. The van der Waals surface area contributed by atoms with Crippen LogP contribution in [0.4, 0.5) is 5.69 Å². The molecule has 7 nitrogen and oxygen atoms in total. The number of hydrogen-bond acceptors (Lipinski definition) is 4. The van der Waals surface area contributed by atoms with Gasteiger partial charge in [0.2, 0.25) is 0 Å². The largest absolute Gasteiger partial charge is 0.481 e. The highest BCUT2D eigenvalue weighted by molar-refractivity contribution is 6.06. The van der Waals surface area contributed by atoms with Gasteiger partial charge in [0.05, 0.1) is 28.6 Å². The zero-order chi connectivity index (χ0) is 15.7. The molecule has 1 aromatic heterocycles. The molecular formula is C14H14N2O5. The Morgan fingerprint density at radius 2 is 1.90 bits per heavy atom. The number of rotatable bonds is 4. The number of nitrogens with one attached hydrogen (secondary N) is 1. The fraction of sp³-hybridized carbons (Fsp3) is 0.214. The van der Waals surface area contributed by atoms with Gasteiger partial charge in [-0.2, -0.15) is 0 Å². The number of fused-ring (bicyclic) bond motifs is 1. The quantitative estimate of drug-likeness (QED) is 0.772. The Morgan fingerprint density at radius 1 is 1.24 bits per heavy atom. The third-order valence-corrected chi connectivity index (χ3v) is 3.07. The van der Waals surface area contributed by atoms with Crippen LogP contribution in [0, 0.1) is 0 Å². The number of pyridine rings is 1. The van der Waals surface area contributed by atoms with E-state index in [1.165, 1.54) is 6.07 Å². The number of hydrogen-bond donors (Lipinski definition) is 3. The minimum absolute atomic E-state index is 0.0443. The molecule has 0 saturated heterocycles. The third kappa shape index (κ3) is 2.71. The van der Waals surface area contributed by atoms with Crippen LogP contribution < -0.4 is 10.3 Å². The van der Waals surface area contributed by atoms with Gasteiger partial charge in [0.15, 0.2) is 5.43 Å². The number of aromatic amines is 1. The van der Waals surface area contributed by atoms with Crippen LogP contribution in [0.2, 0.25) is 0 Å². The molecule has 2 aromatic rings. The summed E-state index contributed by atoms with van der Waals surface area (Å²) in [6, 6.07) is 4.07. The maximum absolute atomic E-state index is 12.2. The van der Waals surface area contributed by atoms with Gasteiger partial charge in [-0.05, 0) is 12.1 Å². The van der Waals surface area contributed by atoms with Crippen molar-refractivity contribution in [3.63, 3.8) is 0 Å². The van der Waals surface area contributed by atoms with Gasteiger partial charge in [0.25, 0.3) is 0 Å². The second-order valence-electron chi connectivity index (χ2n) is 4.81. The van der Waals surface area contributed by atoms with Crippen LogP contribution in [0.1, 0.15) is 16.1 Å². The predicted molar refractivity (Wildman–Crippen MR) is 77.2 cm³/mol. The molecule has 0 spiro atoms. The minimum Gasteiger partial charge on any atom is -0.481 e. The van der Waals surface area contributed by atoms with E-state index in [1.807, 2.05) is 0 Å². The first-order valence-electron chi connectivity index (χ1n) is 6.12. The van der Waals surface area contributed by atoms with Crippen molar-refractivity contribution < 1.29 is 19.8 Å². The summed E-state index contributed by atoms with van der Waals surface area (Å²) >= 11 is 0. The van der Waals surface area contributed by atoms with Crippen molar-refractivity contribution in [1.29, 1.82) is 0 Å². The van der Waals surface area contributed by atoms with Gasteiger partial charge in [0, 0.05) is 25.9 Å². The first-order chi connectivity index (χ1) is 9.81. The Morgan fingerprint density at radius 3 is 2.43 bits per heavy atom. The van der Waals surface area contributed by atoms with Gasteiger partial charge >= 0.3 is 11.9 Å². The molecule has 1 heterocycles. The fourth-order valence-corrected chi connectivity index (χ4v) is 2.21. The summed E-state index contributed by atoms with van der Waals surface area (Å²) < 4.78 is 0. The van der Waals surface area contributed by atoms with Crippen LogP contribution in [0.15, 0.2) is 23.0 Å². The highest BCUT2D eigenvalue weighted by atomic mass is 16.4. The van der Waals surface area contributed by atoms with E-state index in [0.717, 1.165) is 6.07 Å². The van der Waals surface area contributed by atoms with Crippen molar-refractivity contribution in [2.45, 2.75) is 6.42 Å². The lowest BCUT2D eigenvalue weighted by Crippen LogP contribution is -2.16. The molecule has 7 heteroatoms. The summed E-state index contributed by atoms with van der Waals surface area (Å²) in [5, 5.41) is 18.1. The van der Waals surface area contributed by atoms with E-state index in [0.29, 0.717) is 11.2 Å². The van der Waals surface area contributed by atoms with E-state index >= 15 is 0 Å². The lowest BCUT2D eigenvalue weighted by Gasteiger charge is -2.16. The summed E-state index contributed by atoms with van der Waals surface area (Å²) in [5.74, 6) is -2.28. The summed E-state index contributed by atoms with van der Waals surface area (Å²) in [6.45, 7) is 0. The predicted octanol–water partition coefficient (Wildman–Crippen LogP) is 0.919. The Kier molecular flexibility index (Phi) is 3.66. The number of aromatic nitrogens is 1. The topological polar surface area (TPSA) is 111 Å². The molecule has 0 atom stereocenters. The van der Waals surface area contributed by atoms with Crippen LogP contribution >= 0.6 is 0 Å². The van der Waals surface area contributed by atoms with E-state index in [9.17, 15) is 19.5 Å². The number of carboxylic acid groups (broad SMARTS) is 2. The van der Waals surface area contributed by atoms with Crippen LogP contribution in [0.25, 0.3) is 10.9 Å². The second kappa shape index (κ2) is 5.28. The van der Waals surface area contributed by atoms with Gasteiger partial charge in [-0.1, -0.05) is 0 Å². The number of nitrogens with zero attached hydrogens (tertiary/aromatic N) is 1. The number of carboxylic acids is 2. The van der Waals surface area contributed by atoms with Gasteiger partial charge in [-0.15, -0.1) is 0 Å². The molecule has 0 aliphatic heterocycles. The van der Waals surface area contributed by atoms with Crippen molar-refractivity contribution in [2.24, 2.45) is 0 Å². The summed E-state index contributed by atoms with van der Waals surface area (Å²) in [6.07, 6.45) is -0.338. The van der Waals surface area contributed by atoms with Gasteiger partial charge in [0.1, 0.15) is 0 Å². The summed E-state index contributed by atoms with van der Waals surface area (Å²) in [5.41, 5.74) is 0.536. The molecular weight excluding hydrogens is 276 g/mol. The van der Waals surface area contributed by atoms with Crippen LogP contribution in [-0.2, 0) is 11.2 Å². The number of anilines is 1. The highest BCUT2D eigenvalue weighted by Gasteiger charge is 2.17. The van der Waals surface area contributed by atoms with E-state index in [1.54, 1.807) is 25.1 Å². The van der Waals surface area contributed by atoms with E-state index in [2.05, 4.69) is 4.98 Å². The average molecular weight is 290 g/mol. The van der Waals surface area contributed by atoms with Crippen molar-refractivity contribution >= 4 is 28.5 Å². The van der Waals surface area contributed by atoms with E-state index < -0.39 is 17.4 Å².